The third kappa shape index (κ3) is 3.40. The van der Waals surface area contributed by atoms with Gasteiger partial charge in [-0.05, 0) is 27.2 Å². The van der Waals surface area contributed by atoms with Gasteiger partial charge < -0.3 is 10.6 Å². The minimum Gasteiger partial charge on any atom is -0.354 e. The number of aromatic nitrogens is 6. The monoisotopic (exact) mass is 276 g/mol. The van der Waals surface area contributed by atoms with Gasteiger partial charge in [0.25, 0.3) is 5.95 Å². The van der Waals surface area contributed by atoms with Crippen LogP contribution in [0.25, 0.3) is 5.95 Å². The average Bonchev–Trinajstić information content (AvgIpc) is 2.92. The summed E-state index contributed by atoms with van der Waals surface area (Å²) in [5, 5.41) is 10.4. The Hall–Kier alpha value is -2.25. The summed E-state index contributed by atoms with van der Waals surface area (Å²) in [6.07, 6.45) is 3.95. The SMILES string of the molecule is CCNc1nc(NC(C)(C)CC)nc(-n2cncn2)n1. The molecule has 0 aliphatic rings. The smallest absolute Gasteiger partial charge is 0.258 e. The van der Waals surface area contributed by atoms with Crippen molar-refractivity contribution in [2.75, 3.05) is 17.2 Å². The number of hydrogen-bond acceptors (Lipinski definition) is 7. The molecule has 0 saturated carbocycles. The largest absolute Gasteiger partial charge is 0.354 e. The minimum atomic E-state index is -0.0928. The molecule has 2 N–H and O–H groups in total. The number of anilines is 2. The zero-order valence-electron chi connectivity index (χ0n) is 12.3. The first-order valence-electron chi connectivity index (χ1n) is 6.67. The van der Waals surface area contributed by atoms with Gasteiger partial charge in [0.05, 0.1) is 0 Å². The maximum atomic E-state index is 4.38. The molecular formula is C12H20N8. The predicted molar refractivity (Wildman–Crippen MR) is 76.9 cm³/mol. The van der Waals surface area contributed by atoms with Gasteiger partial charge >= 0.3 is 0 Å². The highest BCUT2D eigenvalue weighted by Crippen LogP contribution is 2.16. The Balaban J connectivity index is 2.36. The number of nitrogens with zero attached hydrogens (tertiary/aromatic N) is 6. The molecule has 20 heavy (non-hydrogen) atoms. The Bertz CT molecular complexity index is 549. The van der Waals surface area contributed by atoms with E-state index in [0.717, 1.165) is 13.0 Å². The average molecular weight is 276 g/mol. The Morgan fingerprint density at radius 1 is 1.15 bits per heavy atom. The lowest BCUT2D eigenvalue weighted by molar-refractivity contribution is 0.541. The Morgan fingerprint density at radius 3 is 2.50 bits per heavy atom. The summed E-state index contributed by atoms with van der Waals surface area (Å²) < 4.78 is 1.51. The molecule has 0 saturated heterocycles. The lowest BCUT2D eigenvalue weighted by atomic mass is 10.0. The maximum absolute atomic E-state index is 4.38. The lowest BCUT2D eigenvalue weighted by Gasteiger charge is -2.24. The van der Waals surface area contributed by atoms with Crippen LogP contribution in [0.1, 0.15) is 34.1 Å². The quantitative estimate of drug-likeness (QED) is 0.825. The molecule has 0 radical (unpaired) electrons. The van der Waals surface area contributed by atoms with Crippen LogP contribution in [0.15, 0.2) is 12.7 Å². The minimum absolute atomic E-state index is 0.0928. The van der Waals surface area contributed by atoms with Gasteiger partial charge in [-0.2, -0.15) is 24.7 Å². The van der Waals surface area contributed by atoms with Crippen LogP contribution in [0.2, 0.25) is 0 Å². The molecule has 0 spiro atoms. The van der Waals surface area contributed by atoms with Crippen LogP contribution in [0.4, 0.5) is 11.9 Å². The summed E-state index contributed by atoms with van der Waals surface area (Å²) in [5.41, 5.74) is -0.0928. The van der Waals surface area contributed by atoms with E-state index in [4.69, 9.17) is 0 Å². The van der Waals surface area contributed by atoms with E-state index in [1.165, 1.54) is 11.0 Å². The first-order chi connectivity index (χ1) is 9.54. The van der Waals surface area contributed by atoms with Crippen LogP contribution < -0.4 is 10.6 Å². The van der Waals surface area contributed by atoms with Crippen molar-refractivity contribution in [3.05, 3.63) is 12.7 Å². The summed E-state index contributed by atoms with van der Waals surface area (Å²) in [7, 11) is 0. The van der Waals surface area contributed by atoms with E-state index in [0.29, 0.717) is 17.8 Å². The summed E-state index contributed by atoms with van der Waals surface area (Å²) in [5.74, 6) is 1.47. The van der Waals surface area contributed by atoms with E-state index in [-0.39, 0.29) is 5.54 Å². The molecule has 0 amide bonds. The fourth-order valence-corrected chi connectivity index (χ4v) is 1.46. The van der Waals surface area contributed by atoms with Crippen LogP contribution >= 0.6 is 0 Å². The predicted octanol–water partition coefficient (Wildman–Crippen LogP) is 1.48. The molecule has 0 bridgehead atoms. The van der Waals surface area contributed by atoms with Gasteiger partial charge in [0.1, 0.15) is 12.7 Å². The number of rotatable bonds is 6. The van der Waals surface area contributed by atoms with E-state index in [9.17, 15) is 0 Å². The van der Waals surface area contributed by atoms with Gasteiger partial charge in [-0.3, -0.25) is 0 Å². The van der Waals surface area contributed by atoms with E-state index in [1.54, 1.807) is 6.33 Å². The van der Waals surface area contributed by atoms with E-state index >= 15 is 0 Å². The molecule has 2 heterocycles. The van der Waals surface area contributed by atoms with Crippen molar-refractivity contribution >= 4 is 11.9 Å². The van der Waals surface area contributed by atoms with Gasteiger partial charge in [-0.25, -0.2) is 4.98 Å². The van der Waals surface area contributed by atoms with Crippen LogP contribution in [-0.4, -0.2) is 41.8 Å². The van der Waals surface area contributed by atoms with Gasteiger partial charge in [-0.1, -0.05) is 6.92 Å². The van der Waals surface area contributed by atoms with E-state index in [1.807, 2.05) is 6.92 Å². The van der Waals surface area contributed by atoms with Gasteiger partial charge in [-0.15, -0.1) is 0 Å². The fraction of sp³-hybridized carbons (Fsp3) is 0.583. The Labute approximate surface area is 118 Å². The molecule has 2 aromatic heterocycles. The molecule has 0 aliphatic carbocycles. The van der Waals surface area contributed by atoms with Gasteiger partial charge in [0.15, 0.2) is 0 Å². The van der Waals surface area contributed by atoms with Crippen molar-refractivity contribution in [3.63, 3.8) is 0 Å². The molecule has 0 aliphatic heterocycles. The molecular weight excluding hydrogens is 256 g/mol. The van der Waals surface area contributed by atoms with Crippen LogP contribution in [0.5, 0.6) is 0 Å². The van der Waals surface area contributed by atoms with Crippen LogP contribution in [0.3, 0.4) is 0 Å². The van der Waals surface area contributed by atoms with Crippen molar-refractivity contribution in [2.45, 2.75) is 39.7 Å². The molecule has 108 valence electrons. The highest BCUT2D eigenvalue weighted by atomic mass is 15.4. The maximum Gasteiger partial charge on any atom is 0.258 e. The molecule has 0 aromatic carbocycles. The second-order valence-electron chi connectivity index (χ2n) is 5.02. The van der Waals surface area contributed by atoms with Crippen molar-refractivity contribution in [3.8, 4) is 5.95 Å². The number of nitrogens with one attached hydrogen (secondary N) is 2. The summed E-state index contributed by atoms with van der Waals surface area (Å²) in [4.78, 5) is 17.0. The summed E-state index contributed by atoms with van der Waals surface area (Å²) in [6.45, 7) is 9.02. The Kier molecular flexibility index (Phi) is 4.11. The molecule has 0 atom stereocenters. The van der Waals surface area contributed by atoms with E-state index in [2.05, 4.69) is 56.4 Å². The van der Waals surface area contributed by atoms with Crippen LogP contribution in [0, 0.1) is 0 Å². The standard InChI is InChI=1S/C12H20N8/c1-5-12(3,4)19-10-16-9(14-6-2)17-11(18-10)20-8-13-7-15-20/h7-8H,5-6H2,1-4H3,(H2,14,16,17,18,19). The second kappa shape index (κ2) is 5.81. The van der Waals surface area contributed by atoms with Crippen molar-refractivity contribution in [1.29, 1.82) is 0 Å². The zero-order chi connectivity index (χ0) is 14.6. The fourth-order valence-electron chi connectivity index (χ4n) is 1.46. The van der Waals surface area contributed by atoms with Crippen molar-refractivity contribution < 1.29 is 0 Å². The van der Waals surface area contributed by atoms with Gasteiger partial charge in [0, 0.05) is 12.1 Å². The summed E-state index contributed by atoms with van der Waals surface area (Å²) in [6, 6.07) is 0. The normalized spacial score (nSPS) is 11.4. The highest BCUT2D eigenvalue weighted by molar-refractivity contribution is 5.39. The van der Waals surface area contributed by atoms with Crippen LogP contribution in [-0.2, 0) is 0 Å². The van der Waals surface area contributed by atoms with Crippen molar-refractivity contribution in [2.24, 2.45) is 0 Å². The Morgan fingerprint density at radius 2 is 1.90 bits per heavy atom. The molecule has 8 heteroatoms. The summed E-state index contributed by atoms with van der Waals surface area (Å²) >= 11 is 0. The lowest BCUT2D eigenvalue weighted by Crippen LogP contribution is -2.31. The molecule has 2 aromatic rings. The van der Waals surface area contributed by atoms with E-state index < -0.39 is 0 Å². The second-order valence-corrected chi connectivity index (χ2v) is 5.02. The highest BCUT2D eigenvalue weighted by Gasteiger charge is 2.17. The molecule has 0 fully saturated rings. The molecule has 8 nitrogen and oxygen atoms in total. The molecule has 2 rings (SSSR count). The van der Waals surface area contributed by atoms with Gasteiger partial charge in [0.2, 0.25) is 11.9 Å². The third-order valence-corrected chi connectivity index (χ3v) is 2.92. The van der Waals surface area contributed by atoms with Crippen molar-refractivity contribution in [1.82, 2.24) is 29.7 Å². The first-order valence-corrected chi connectivity index (χ1v) is 6.67. The third-order valence-electron chi connectivity index (χ3n) is 2.92. The number of hydrogen-bond donors (Lipinski definition) is 2. The topological polar surface area (TPSA) is 93.4 Å². The zero-order valence-corrected chi connectivity index (χ0v) is 12.3. The molecule has 0 unspecified atom stereocenters. The first kappa shape index (κ1) is 14.2.